The Morgan fingerprint density at radius 2 is 1.81 bits per heavy atom. The van der Waals surface area contributed by atoms with Gasteiger partial charge in [0.15, 0.2) is 0 Å². The minimum atomic E-state index is 0.651. The van der Waals surface area contributed by atoms with Crippen LogP contribution in [0.4, 0.5) is 0 Å². The molecule has 2 rings (SSSR count). The highest BCUT2D eigenvalue weighted by Crippen LogP contribution is 2.35. The van der Waals surface area contributed by atoms with Gasteiger partial charge in [0.1, 0.15) is 5.75 Å². The Balaban J connectivity index is 2.02. The van der Waals surface area contributed by atoms with E-state index in [0.717, 1.165) is 33.1 Å². The number of ether oxygens (including phenoxy) is 1. The summed E-state index contributed by atoms with van der Waals surface area (Å²) in [6.45, 7) is 5.62. The number of methoxy groups -OCH3 is 1. The summed E-state index contributed by atoms with van der Waals surface area (Å²) >= 11 is 7.15. The number of nitrogens with one attached hydrogen (secondary N) is 1. The van der Waals surface area contributed by atoms with E-state index in [1.807, 2.05) is 0 Å². The van der Waals surface area contributed by atoms with Crippen molar-refractivity contribution in [1.29, 1.82) is 0 Å². The van der Waals surface area contributed by atoms with Crippen molar-refractivity contribution in [3.63, 3.8) is 0 Å². The summed E-state index contributed by atoms with van der Waals surface area (Å²) in [6.07, 6.45) is 5.42. The van der Waals surface area contributed by atoms with Crippen LogP contribution in [-0.2, 0) is 6.54 Å². The van der Waals surface area contributed by atoms with Crippen molar-refractivity contribution in [3.8, 4) is 5.75 Å². The summed E-state index contributed by atoms with van der Waals surface area (Å²) in [5, 5.41) is 3.78. The monoisotopic (exact) mass is 417 g/mol. The minimum absolute atomic E-state index is 0.651. The Morgan fingerprint density at radius 1 is 1.19 bits per heavy atom. The van der Waals surface area contributed by atoms with E-state index >= 15 is 0 Å². The first-order chi connectivity index (χ1) is 10.0. The summed E-state index contributed by atoms with van der Waals surface area (Å²) in [7, 11) is 1.69. The highest BCUT2D eigenvalue weighted by molar-refractivity contribution is 9.11. The van der Waals surface area contributed by atoms with Crippen molar-refractivity contribution in [1.82, 2.24) is 5.32 Å². The van der Waals surface area contributed by atoms with Crippen LogP contribution >= 0.6 is 31.9 Å². The van der Waals surface area contributed by atoms with Gasteiger partial charge >= 0.3 is 0 Å². The molecular weight excluding hydrogens is 394 g/mol. The van der Waals surface area contributed by atoms with Crippen molar-refractivity contribution in [2.24, 2.45) is 11.8 Å². The van der Waals surface area contributed by atoms with Crippen LogP contribution in [0.25, 0.3) is 0 Å². The average molecular weight is 419 g/mol. The summed E-state index contributed by atoms with van der Waals surface area (Å²) in [5.41, 5.74) is 1.28. The lowest BCUT2D eigenvalue weighted by molar-refractivity contribution is 0.204. The zero-order valence-electron chi connectivity index (χ0n) is 13.1. The molecule has 0 radical (unpaired) electrons. The van der Waals surface area contributed by atoms with E-state index in [-0.39, 0.29) is 0 Å². The third-order valence-corrected chi connectivity index (χ3v) is 5.68. The molecule has 1 aromatic carbocycles. The molecule has 2 unspecified atom stereocenters. The molecule has 0 saturated heterocycles. The van der Waals surface area contributed by atoms with Crippen molar-refractivity contribution >= 4 is 31.9 Å². The molecule has 1 aliphatic rings. The molecule has 0 aromatic heterocycles. The first-order valence-corrected chi connectivity index (χ1v) is 9.36. The van der Waals surface area contributed by atoms with Gasteiger partial charge in [0.05, 0.1) is 16.1 Å². The topological polar surface area (TPSA) is 21.3 Å². The Labute approximate surface area is 145 Å². The van der Waals surface area contributed by atoms with Gasteiger partial charge in [-0.3, -0.25) is 0 Å². The number of halogens is 2. The molecule has 0 amide bonds. The maximum Gasteiger partial charge on any atom is 0.147 e. The number of hydrogen-bond donors (Lipinski definition) is 1. The molecule has 1 aliphatic carbocycles. The normalized spacial score (nSPS) is 22.6. The Kier molecular flexibility index (Phi) is 6.57. The predicted molar refractivity (Wildman–Crippen MR) is 95.8 cm³/mol. The smallest absolute Gasteiger partial charge is 0.147 e. The van der Waals surface area contributed by atoms with Gasteiger partial charge in [-0.2, -0.15) is 0 Å². The van der Waals surface area contributed by atoms with E-state index in [9.17, 15) is 0 Å². The van der Waals surface area contributed by atoms with Gasteiger partial charge in [0.2, 0.25) is 0 Å². The van der Waals surface area contributed by atoms with Gasteiger partial charge in [-0.1, -0.05) is 26.7 Å². The lowest BCUT2D eigenvalue weighted by Gasteiger charge is -2.35. The molecule has 2 atom stereocenters. The van der Waals surface area contributed by atoms with E-state index in [1.54, 1.807) is 7.11 Å². The third-order valence-electron chi connectivity index (χ3n) is 4.51. The van der Waals surface area contributed by atoms with Crippen molar-refractivity contribution in [2.75, 3.05) is 7.11 Å². The molecule has 0 spiro atoms. The molecule has 1 saturated carbocycles. The van der Waals surface area contributed by atoms with E-state index in [1.165, 1.54) is 31.2 Å². The summed E-state index contributed by atoms with van der Waals surface area (Å²) in [4.78, 5) is 0. The quantitative estimate of drug-likeness (QED) is 0.679. The molecule has 1 aromatic rings. The number of benzene rings is 1. The van der Waals surface area contributed by atoms with Gasteiger partial charge in [-0.05, 0) is 74.2 Å². The highest BCUT2D eigenvalue weighted by atomic mass is 79.9. The second-order valence-corrected chi connectivity index (χ2v) is 7.98. The fourth-order valence-corrected chi connectivity index (χ4v) is 4.97. The molecule has 1 fully saturated rings. The van der Waals surface area contributed by atoms with Gasteiger partial charge in [0, 0.05) is 12.6 Å². The molecule has 2 nitrogen and oxygen atoms in total. The first-order valence-electron chi connectivity index (χ1n) is 7.78. The fraction of sp³-hybridized carbons (Fsp3) is 0.647. The lowest BCUT2D eigenvalue weighted by atomic mass is 9.78. The van der Waals surface area contributed by atoms with Crippen molar-refractivity contribution in [2.45, 2.75) is 52.1 Å². The Bertz CT molecular complexity index is 453. The summed E-state index contributed by atoms with van der Waals surface area (Å²) < 4.78 is 7.36. The van der Waals surface area contributed by atoms with Gasteiger partial charge in [-0.25, -0.2) is 0 Å². The van der Waals surface area contributed by atoms with Gasteiger partial charge in [-0.15, -0.1) is 0 Å². The zero-order chi connectivity index (χ0) is 15.4. The van der Waals surface area contributed by atoms with E-state index in [2.05, 4.69) is 63.2 Å². The van der Waals surface area contributed by atoms with E-state index < -0.39 is 0 Å². The van der Waals surface area contributed by atoms with Gasteiger partial charge in [0.25, 0.3) is 0 Å². The van der Waals surface area contributed by atoms with E-state index in [0.29, 0.717) is 6.04 Å². The largest absolute Gasteiger partial charge is 0.494 e. The van der Waals surface area contributed by atoms with Gasteiger partial charge < -0.3 is 10.1 Å². The maximum absolute atomic E-state index is 5.36. The number of rotatable bonds is 5. The standard InChI is InChI=1S/C17H25Br2NO/c1-11(2)13-6-4-5-7-16(13)20-10-12-8-14(18)17(21-3)15(19)9-12/h8-9,11,13,16,20H,4-7,10H2,1-3H3. The molecule has 1 N–H and O–H groups in total. The Hall–Kier alpha value is -0.0600. The first kappa shape index (κ1) is 17.3. The second kappa shape index (κ2) is 7.98. The van der Waals surface area contributed by atoms with E-state index in [4.69, 9.17) is 4.74 Å². The van der Waals surface area contributed by atoms with Crippen molar-refractivity contribution in [3.05, 3.63) is 26.6 Å². The van der Waals surface area contributed by atoms with Crippen LogP contribution in [-0.4, -0.2) is 13.2 Å². The second-order valence-electron chi connectivity index (χ2n) is 6.27. The molecule has 0 heterocycles. The molecule has 0 aliphatic heterocycles. The summed E-state index contributed by atoms with van der Waals surface area (Å²) in [6, 6.07) is 4.94. The molecular formula is C17H25Br2NO. The van der Waals surface area contributed by atoms with Crippen LogP contribution in [0.2, 0.25) is 0 Å². The van der Waals surface area contributed by atoms with Crippen LogP contribution < -0.4 is 10.1 Å². The maximum atomic E-state index is 5.36. The number of hydrogen-bond acceptors (Lipinski definition) is 2. The minimum Gasteiger partial charge on any atom is -0.494 e. The highest BCUT2D eigenvalue weighted by Gasteiger charge is 2.26. The predicted octanol–water partition coefficient (Wildman–Crippen LogP) is 5.52. The van der Waals surface area contributed by atoms with Crippen LogP contribution in [0.15, 0.2) is 21.1 Å². The van der Waals surface area contributed by atoms with Crippen LogP contribution in [0.5, 0.6) is 5.75 Å². The molecule has 118 valence electrons. The third kappa shape index (κ3) is 4.46. The Morgan fingerprint density at radius 3 is 2.38 bits per heavy atom. The lowest BCUT2D eigenvalue weighted by Crippen LogP contribution is -2.40. The SMILES string of the molecule is COc1c(Br)cc(CNC2CCCCC2C(C)C)cc1Br. The molecule has 0 bridgehead atoms. The summed E-state index contributed by atoms with van der Waals surface area (Å²) in [5.74, 6) is 2.43. The van der Waals surface area contributed by atoms with Crippen LogP contribution in [0.3, 0.4) is 0 Å². The average Bonchev–Trinajstić information content (AvgIpc) is 2.45. The van der Waals surface area contributed by atoms with Crippen molar-refractivity contribution < 1.29 is 4.74 Å². The van der Waals surface area contributed by atoms with Crippen LogP contribution in [0, 0.1) is 11.8 Å². The molecule has 4 heteroatoms. The van der Waals surface area contributed by atoms with Crippen LogP contribution in [0.1, 0.15) is 45.1 Å². The fourth-order valence-electron chi connectivity index (χ4n) is 3.37. The zero-order valence-corrected chi connectivity index (χ0v) is 16.3. The molecule has 21 heavy (non-hydrogen) atoms.